The molecule has 3 aromatic rings. The van der Waals surface area contributed by atoms with Gasteiger partial charge in [-0.3, -0.25) is 9.48 Å². The Hall–Kier alpha value is -2.74. The van der Waals surface area contributed by atoms with Gasteiger partial charge in [0, 0.05) is 36.9 Å². The van der Waals surface area contributed by atoms with Crippen molar-refractivity contribution in [3.63, 3.8) is 0 Å². The molecule has 2 atom stereocenters. The first-order valence-corrected chi connectivity index (χ1v) is 8.93. The van der Waals surface area contributed by atoms with E-state index in [1.54, 1.807) is 29.2 Å². The largest absolute Gasteiger partial charge is 0.346 e. The van der Waals surface area contributed by atoms with Gasteiger partial charge < -0.3 is 15.2 Å². The molecule has 1 fully saturated rings. The highest BCUT2D eigenvalue weighted by Crippen LogP contribution is 2.26. The van der Waals surface area contributed by atoms with Crippen LogP contribution in [0.1, 0.15) is 22.3 Å². The van der Waals surface area contributed by atoms with Crippen LogP contribution in [0, 0.1) is 5.82 Å². The van der Waals surface area contributed by atoms with Gasteiger partial charge in [0.25, 0.3) is 5.91 Å². The van der Waals surface area contributed by atoms with E-state index in [0.29, 0.717) is 25.0 Å². The Bertz CT molecular complexity index is 980. The number of aromatic nitrogens is 3. The second kappa shape index (κ2) is 7.11. The van der Waals surface area contributed by atoms with Crippen LogP contribution >= 0.6 is 0 Å². The monoisotopic (exact) mass is 373 g/mol. The number of piperidine rings is 1. The Morgan fingerprint density at radius 2 is 2.26 bits per heavy atom. The van der Waals surface area contributed by atoms with Gasteiger partial charge in [0.1, 0.15) is 12.0 Å². The maximum absolute atomic E-state index is 14.5. The Balaban J connectivity index is 1.68. The molecule has 1 aliphatic rings. The van der Waals surface area contributed by atoms with Crippen molar-refractivity contribution in [1.82, 2.24) is 25.0 Å². The van der Waals surface area contributed by atoms with E-state index in [2.05, 4.69) is 15.7 Å². The van der Waals surface area contributed by atoms with Crippen molar-refractivity contribution in [3.8, 4) is 0 Å². The van der Waals surface area contributed by atoms with Crippen LogP contribution in [-0.2, 0) is 13.6 Å². The van der Waals surface area contributed by atoms with E-state index >= 15 is 0 Å². The number of fused-ring (bicyclic) bond motifs is 1. The van der Waals surface area contributed by atoms with Gasteiger partial charge in [-0.25, -0.2) is 8.78 Å². The quantitative estimate of drug-likeness (QED) is 0.735. The molecule has 2 aromatic heterocycles. The van der Waals surface area contributed by atoms with Gasteiger partial charge >= 0.3 is 0 Å². The molecule has 4 rings (SSSR count). The van der Waals surface area contributed by atoms with Gasteiger partial charge in [0.2, 0.25) is 0 Å². The van der Waals surface area contributed by atoms with E-state index < -0.39 is 23.9 Å². The zero-order valence-electron chi connectivity index (χ0n) is 15.0. The normalized spacial score (nSPS) is 20.1. The zero-order valence-corrected chi connectivity index (χ0v) is 15.0. The number of benzene rings is 1. The van der Waals surface area contributed by atoms with Crippen LogP contribution in [-0.4, -0.2) is 45.6 Å². The molecule has 8 heteroatoms. The number of hydrogen-bond acceptors (Lipinski definition) is 3. The summed E-state index contributed by atoms with van der Waals surface area (Å²) < 4.78 is 32.1. The second-order valence-electron chi connectivity index (χ2n) is 6.92. The molecule has 2 N–H and O–H groups in total. The lowest BCUT2D eigenvalue weighted by molar-refractivity contribution is 0.0893. The Labute approximate surface area is 155 Å². The van der Waals surface area contributed by atoms with Crippen LogP contribution < -0.4 is 10.6 Å². The average molecular weight is 373 g/mol. The summed E-state index contributed by atoms with van der Waals surface area (Å²) in [6, 6.07) is 4.15. The smallest absolute Gasteiger partial charge is 0.253 e. The number of carbonyl (C=O) groups excluding carboxylic acids is 1. The first-order valence-electron chi connectivity index (χ1n) is 8.93. The minimum atomic E-state index is -1.16. The number of halogens is 2. The van der Waals surface area contributed by atoms with Crippen molar-refractivity contribution in [2.45, 2.75) is 25.2 Å². The van der Waals surface area contributed by atoms with Gasteiger partial charge in [0.05, 0.1) is 29.9 Å². The van der Waals surface area contributed by atoms with Crippen LogP contribution in [0.4, 0.5) is 8.78 Å². The maximum atomic E-state index is 14.5. The molecule has 0 radical (unpaired) electrons. The van der Waals surface area contributed by atoms with Crippen LogP contribution in [0.2, 0.25) is 0 Å². The minimum absolute atomic E-state index is 0.210. The molecule has 6 nitrogen and oxygen atoms in total. The van der Waals surface area contributed by atoms with Crippen LogP contribution in [0.3, 0.4) is 0 Å². The summed E-state index contributed by atoms with van der Waals surface area (Å²) in [5.74, 6) is -0.922. The number of nitrogens with one attached hydrogen (secondary N) is 2. The minimum Gasteiger partial charge on any atom is -0.346 e. The summed E-state index contributed by atoms with van der Waals surface area (Å²) in [6.07, 6.45) is 4.58. The molecule has 0 aliphatic carbocycles. The lowest BCUT2D eigenvalue weighted by Gasteiger charge is -2.27. The number of carbonyl (C=O) groups is 1. The first kappa shape index (κ1) is 17.7. The third-order valence-electron chi connectivity index (χ3n) is 4.94. The predicted molar refractivity (Wildman–Crippen MR) is 97.8 cm³/mol. The summed E-state index contributed by atoms with van der Waals surface area (Å²) >= 11 is 0. The highest BCUT2D eigenvalue weighted by Gasteiger charge is 2.28. The van der Waals surface area contributed by atoms with E-state index in [1.165, 1.54) is 6.07 Å². The van der Waals surface area contributed by atoms with Crippen molar-refractivity contribution in [2.75, 3.05) is 13.1 Å². The lowest BCUT2D eigenvalue weighted by atomic mass is 10.0. The van der Waals surface area contributed by atoms with E-state index in [0.717, 1.165) is 5.56 Å². The molecule has 27 heavy (non-hydrogen) atoms. The molecular formula is C19H21F2N5O. The van der Waals surface area contributed by atoms with Gasteiger partial charge in [0.15, 0.2) is 0 Å². The van der Waals surface area contributed by atoms with E-state index in [-0.39, 0.29) is 17.5 Å². The zero-order chi connectivity index (χ0) is 19.0. The Morgan fingerprint density at radius 1 is 1.41 bits per heavy atom. The third-order valence-corrected chi connectivity index (χ3v) is 4.94. The van der Waals surface area contributed by atoms with Crippen molar-refractivity contribution in [2.24, 2.45) is 7.05 Å². The number of hydrogen-bond donors (Lipinski definition) is 2. The lowest BCUT2D eigenvalue weighted by Crippen LogP contribution is -2.50. The highest BCUT2D eigenvalue weighted by atomic mass is 19.1. The molecule has 0 unspecified atom stereocenters. The Kier molecular flexibility index (Phi) is 4.65. The number of aryl methyl sites for hydroxylation is 1. The van der Waals surface area contributed by atoms with E-state index in [1.807, 2.05) is 17.8 Å². The van der Waals surface area contributed by atoms with Crippen LogP contribution in [0.25, 0.3) is 10.9 Å². The maximum Gasteiger partial charge on any atom is 0.253 e. The molecule has 0 spiro atoms. The molecular weight excluding hydrogens is 352 g/mol. The first-order chi connectivity index (χ1) is 13.0. The molecule has 1 aliphatic heterocycles. The summed E-state index contributed by atoms with van der Waals surface area (Å²) in [5.41, 5.74) is 1.77. The standard InChI is InChI=1S/C19H21F2N5O/c1-25-9-12(7-23-25)10-26-11-13(18-14(20)3-2-4-17(18)26)19(27)24-16-5-6-22-8-15(16)21/h2-4,7,9,11,15-16,22H,5-6,8,10H2,1H3,(H,24,27)/t15-,16+/m1/s1. The SMILES string of the molecule is Cn1cc(Cn2cc(C(=O)N[C@H]3CCNC[C@H]3F)c3c(F)cccc32)cn1. The molecule has 1 aromatic carbocycles. The molecule has 142 valence electrons. The van der Waals surface area contributed by atoms with Gasteiger partial charge in [-0.2, -0.15) is 5.10 Å². The fourth-order valence-corrected chi connectivity index (χ4v) is 3.59. The van der Waals surface area contributed by atoms with Crippen molar-refractivity contribution in [3.05, 3.63) is 53.7 Å². The summed E-state index contributed by atoms with van der Waals surface area (Å²) in [4.78, 5) is 12.8. The summed E-state index contributed by atoms with van der Waals surface area (Å²) in [6.45, 7) is 1.31. The fourth-order valence-electron chi connectivity index (χ4n) is 3.59. The van der Waals surface area contributed by atoms with Crippen LogP contribution in [0.5, 0.6) is 0 Å². The highest BCUT2D eigenvalue weighted by molar-refractivity contribution is 6.07. The summed E-state index contributed by atoms with van der Waals surface area (Å²) in [7, 11) is 1.82. The van der Waals surface area contributed by atoms with E-state index in [4.69, 9.17) is 0 Å². The Morgan fingerprint density at radius 3 is 3.00 bits per heavy atom. The van der Waals surface area contributed by atoms with E-state index in [9.17, 15) is 13.6 Å². The van der Waals surface area contributed by atoms with Crippen molar-refractivity contribution < 1.29 is 13.6 Å². The number of nitrogens with zero attached hydrogens (tertiary/aromatic N) is 3. The third kappa shape index (κ3) is 3.44. The average Bonchev–Trinajstić information content (AvgIpc) is 3.22. The number of amides is 1. The second-order valence-corrected chi connectivity index (χ2v) is 6.92. The molecule has 1 amide bonds. The van der Waals surface area contributed by atoms with Gasteiger partial charge in [-0.15, -0.1) is 0 Å². The number of rotatable bonds is 4. The fraction of sp³-hybridized carbons (Fsp3) is 0.368. The molecule has 0 saturated carbocycles. The van der Waals surface area contributed by atoms with Crippen molar-refractivity contribution in [1.29, 1.82) is 0 Å². The molecule has 1 saturated heterocycles. The van der Waals surface area contributed by atoms with Crippen molar-refractivity contribution >= 4 is 16.8 Å². The predicted octanol–water partition coefficient (Wildman–Crippen LogP) is 1.99. The van der Waals surface area contributed by atoms with Gasteiger partial charge in [-0.05, 0) is 25.1 Å². The number of alkyl halides is 1. The molecule has 0 bridgehead atoms. The summed E-state index contributed by atoms with van der Waals surface area (Å²) in [5, 5.41) is 10.1. The van der Waals surface area contributed by atoms with Gasteiger partial charge in [-0.1, -0.05) is 6.07 Å². The van der Waals surface area contributed by atoms with Crippen LogP contribution in [0.15, 0.2) is 36.8 Å². The topological polar surface area (TPSA) is 63.9 Å². The molecule has 3 heterocycles.